The molecular formula is C18H19N. The third-order valence-electron chi connectivity index (χ3n) is 4.93. The predicted molar refractivity (Wildman–Crippen MR) is 78.2 cm³/mol. The first-order chi connectivity index (χ1) is 9.35. The van der Waals surface area contributed by atoms with Crippen molar-refractivity contribution >= 4 is 0 Å². The van der Waals surface area contributed by atoms with Gasteiger partial charge < -0.3 is 0 Å². The Morgan fingerprint density at radius 2 is 1.79 bits per heavy atom. The van der Waals surface area contributed by atoms with Crippen molar-refractivity contribution in [1.29, 1.82) is 0 Å². The molecule has 0 aromatic heterocycles. The fourth-order valence-corrected chi connectivity index (χ4v) is 4.03. The van der Waals surface area contributed by atoms with Crippen LogP contribution in [-0.4, -0.2) is 0 Å². The maximum Gasteiger partial charge on any atom is 0.0698 e. The zero-order chi connectivity index (χ0) is 12.9. The van der Waals surface area contributed by atoms with Gasteiger partial charge in [-0.05, 0) is 41.5 Å². The van der Waals surface area contributed by atoms with Gasteiger partial charge in [0.25, 0.3) is 0 Å². The largest absolute Gasteiger partial charge is 0.297 e. The second-order valence-corrected chi connectivity index (χ2v) is 5.74. The average Bonchev–Trinajstić information content (AvgIpc) is 2.69. The Morgan fingerprint density at radius 3 is 2.63 bits per heavy atom. The van der Waals surface area contributed by atoms with E-state index < -0.39 is 0 Å². The Kier molecular flexibility index (Phi) is 2.33. The average molecular weight is 249 g/mol. The highest BCUT2D eigenvalue weighted by atomic mass is 15.1. The topological polar surface area (TPSA) is 12.0 Å². The van der Waals surface area contributed by atoms with Crippen molar-refractivity contribution in [3.63, 3.8) is 0 Å². The molecule has 1 nitrogen and oxygen atoms in total. The Bertz CT molecular complexity index is 631. The van der Waals surface area contributed by atoms with Gasteiger partial charge in [0, 0.05) is 6.04 Å². The van der Waals surface area contributed by atoms with Crippen LogP contribution < -0.4 is 5.32 Å². The summed E-state index contributed by atoms with van der Waals surface area (Å²) in [5.74, 6) is 0. The molecule has 2 aliphatic heterocycles. The second kappa shape index (κ2) is 3.94. The van der Waals surface area contributed by atoms with Crippen LogP contribution in [0.25, 0.3) is 0 Å². The van der Waals surface area contributed by atoms with Gasteiger partial charge in [0.15, 0.2) is 0 Å². The van der Waals surface area contributed by atoms with Crippen LogP contribution in [0, 0.1) is 0 Å². The molecule has 2 bridgehead atoms. The molecule has 0 saturated heterocycles. The number of rotatable bonds is 1. The lowest BCUT2D eigenvalue weighted by molar-refractivity contribution is 0.381. The van der Waals surface area contributed by atoms with Gasteiger partial charge in [0.05, 0.1) is 5.54 Å². The van der Waals surface area contributed by atoms with Crippen LogP contribution in [0.2, 0.25) is 0 Å². The number of benzene rings is 2. The lowest BCUT2D eigenvalue weighted by Gasteiger charge is -2.32. The number of aryl methyl sites for hydroxylation is 1. The first kappa shape index (κ1) is 11.2. The van der Waals surface area contributed by atoms with E-state index in [4.69, 9.17) is 0 Å². The van der Waals surface area contributed by atoms with E-state index >= 15 is 0 Å². The fraction of sp³-hybridized carbons (Fsp3) is 0.333. The molecule has 0 spiro atoms. The maximum absolute atomic E-state index is 3.94. The maximum atomic E-state index is 3.94. The third-order valence-corrected chi connectivity index (χ3v) is 4.93. The van der Waals surface area contributed by atoms with Gasteiger partial charge in [0.2, 0.25) is 0 Å². The van der Waals surface area contributed by atoms with Gasteiger partial charge in [-0.1, -0.05) is 55.5 Å². The molecule has 2 aliphatic rings. The van der Waals surface area contributed by atoms with Gasteiger partial charge in [-0.15, -0.1) is 0 Å². The Labute approximate surface area is 114 Å². The first-order valence-electron chi connectivity index (χ1n) is 7.30. The summed E-state index contributed by atoms with van der Waals surface area (Å²) in [5.41, 5.74) is 6.06. The van der Waals surface area contributed by atoms with Gasteiger partial charge in [-0.25, -0.2) is 0 Å². The van der Waals surface area contributed by atoms with Crippen LogP contribution in [0.1, 0.15) is 48.1 Å². The number of hydrogen-bond donors (Lipinski definition) is 1. The minimum absolute atomic E-state index is 0.0361. The standard InChI is InChI=1S/C18H19N/c1-2-18-15-9-5-3-7-13(15)11-12-17(19-18)14-8-4-6-10-16(14)18/h3-10,17,19H,2,11-12H2,1H3. The zero-order valence-electron chi connectivity index (χ0n) is 11.3. The van der Waals surface area contributed by atoms with E-state index in [1.807, 2.05) is 0 Å². The SMILES string of the molecule is CCC12NC(CCc3ccccc31)c1ccccc12. The van der Waals surface area contributed by atoms with Gasteiger partial charge >= 0.3 is 0 Å². The Balaban J connectivity index is 2.04. The molecule has 19 heavy (non-hydrogen) atoms. The normalized spacial score (nSPS) is 27.5. The molecule has 0 radical (unpaired) electrons. The summed E-state index contributed by atoms with van der Waals surface area (Å²) in [5, 5.41) is 3.94. The van der Waals surface area contributed by atoms with E-state index in [2.05, 4.69) is 60.8 Å². The molecule has 2 atom stereocenters. The summed E-state index contributed by atoms with van der Waals surface area (Å²) >= 11 is 0. The van der Waals surface area contributed by atoms with E-state index in [1.165, 1.54) is 35.1 Å². The highest BCUT2D eigenvalue weighted by Crippen LogP contribution is 2.48. The van der Waals surface area contributed by atoms with Crippen LogP contribution in [0.15, 0.2) is 48.5 Å². The van der Waals surface area contributed by atoms with E-state index in [1.54, 1.807) is 0 Å². The quantitative estimate of drug-likeness (QED) is 0.807. The van der Waals surface area contributed by atoms with E-state index in [0.717, 1.165) is 6.42 Å². The fourth-order valence-electron chi connectivity index (χ4n) is 4.03. The van der Waals surface area contributed by atoms with Crippen molar-refractivity contribution in [3.05, 3.63) is 70.8 Å². The molecule has 96 valence electrons. The molecule has 1 heteroatoms. The molecule has 0 saturated carbocycles. The van der Waals surface area contributed by atoms with Crippen molar-refractivity contribution in [2.75, 3.05) is 0 Å². The number of fused-ring (bicyclic) bond motifs is 7. The molecule has 0 aliphatic carbocycles. The summed E-state index contributed by atoms with van der Waals surface area (Å²) in [4.78, 5) is 0. The predicted octanol–water partition coefficient (Wildman–Crippen LogP) is 3.93. The summed E-state index contributed by atoms with van der Waals surface area (Å²) < 4.78 is 0. The molecule has 2 unspecified atom stereocenters. The minimum Gasteiger partial charge on any atom is -0.297 e. The summed E-state index contributed by atoms with van der Waals surface area (Å²) in [6.07, 6.45) is 3.50. The smallest absolute Gasteiger partial charge is 0.0698 e. The minimum atomic E-state index is 0.0361. The van der Waals surface area contributed by atoms with Crippen molar-refractivity contribution in [1.82, 2.24) is 5.32 Å². The molecule has 4 rings (SSSR count). The van der Waals surface area contributed by atoms with Gasteiger partial charge in [0.1, 0.15) is 0 Å². The lowest BCUT2D eigenvalue weighted by atomic mass is 9.77. The monoisotopic (exact) mass is 249 g/mol. The van der Waals surface area contributed by atoms with Crippen molar-refractivity contribution in [2.45, 2.75) is 37.8 Å². The van der Waals surface area contributed by atoms with Crippen LogP contribution in [-0.2, 0) is 12.0 Å². The molecule has 1 N–H and O–H groups in total. The van der Waals surface area contributed by atoms with E-state index in [-0.39, 0.29) is 5.54 Å². The highest BCUT2D eigenvalue weighted by Gasteiger charge is 2.45. The Hall–Kier alpha value is -1.60. The van der Waals surface area contributed by atoms with E-state index in [0.29, 0.717) is 6.04 Å². The third kappa shape index (κ3) is 1.39. The molecule has 0 fully saturated rings. The molecular weight excluding hydrogens is 230 g/mol. The lowest BCUT2D eigenvalue weighted by Crippen LogP contribution is -2.38. The molecule has 2 heterocycles. The van der Waals surface area contributed by atoms with E-state index in [9.17, 15) is 0 Å². The van der Waals surface area contributed by atoms with Crippen LogP contribution in [0.5, 0.6) is 0 Å². The molecule has 0 amide bonds. The van der Waals surface area contributed by atoms with Crippen molar-refractivity contribution in [3.8, 4) is 0 Å². The highest BCUT2D eigenvalue weighted by molar-refractivity contribution is 5.52. The Morgan fingerprint density at radius 1 is 1.05 bits per heavy atom. The number of nitrogens with one attached hydrogen (secondary N) is 1. The summed E-state index contributed by atoms with van der Waals surface area (Å²) in [7, 11) is 0. The van der Waals surface area contributed by atoms with Gasteiger partial charge in [-0.2, -0.15) is 0 Å². The first-order valence-corrected chi connectivity index (χ1v) is 7.30. The van der Waals surface area contributed by atoms with Gasteiger partial charge in [-0.3, -0.25) is 5.32 Å². The summed E-state index contributed by atoms with van der Waals surface area (Å²) in [6, 6.07) is 18.5. The molecule has 2 aromatic rings. The second-order valence-electron chi connectivity index (χ2n) is 5.74. The van der Waals surface area contributed by atoms with Crippen LogP contribution in [0.3, 0.4) is 0 Å². The zero-order valence-corrected chi connectivity index (χ0v) is 11.3. The number of hydrogen-bond acceptors (Lipinski definition) is 1. The van der Waals surface area contributed by atoms with Crippen LogP contribution in [0.4, 0.5) is 0 Å². The summed E-state index contributed by atoms with van der Waals surface area (Å²) in [6.45, 7) is 2.30. The van der Waals surface area contributed by atoms with Crippen molar-refractivity contribution in [2.24, 2.45) is 0 Å². The molecule has 2 aromatic carbocycles. The van der Waals surface area contributed by atoms with Crippen molar-refractivity contribution < 1.29 is 0 Å². The van der Waals surface area contributed by atoms with Crippen LogP contribution >= 0.6 is 0 Å².